The van der Waals surface area contributed by atoms with Gasteiger partial charge in [0, 0.05) is 12.8 Å². The molecule has 0 aliphatic rings. The van der Waals surface area contributed by atoms with Gasteiger partial charge in [0.25, 0.3) is 0 Å². The van der Waals surface area contributed by atoms with E-state index in [0.717, 1.165) is 44.4 Å². The number of unbranched alkanes of at least 4 members (excludes halogenated alkanes) is 22. The highest BCUT2D eigenvalue weighted by Crippen LogP contribution is 2.15. The van der Waals surface area contributed by atoms with Gasteiger partial charge in [-0.25, -0.2) is 4.79 Å². The van der Waals surface area contributed by atoms with Crippen LogP contribution in [0.15, 0.2) is 0 Å². The summed E-state index contributed by atoms with van der Waals surface area (Å²) >= 11 is 0. The largest absolute Gasteiger partial charge is 0.481 e. The van der Waals surface area contributed by atoms with Gasteiger partial charge in [-0.05, 0) is 25.2 Å². The van der Waals surface area contributed by atoms with E-state index in [-0.39, 0.29) is 18.7 Å². The van der Waals surface area contributed by atoms with Crippen molar-refractivity contribution in [2.45, 2.75) is 207 Å². The van der Waals surface area contributed by atoms with E-state index >= 15 is 0 Å². The number of hydrogen-bond acceptors (Lipinski definition) is 4. The average Bonchev–Trinajstić information content (AvgIpc) is 2.97. The van der Waals surface area contributed by atoms with Crippen molar-refractivity contribution in [3.05, 3.63) is 0 Å². The van der Waals surface area contributed by atoms with Gasteiger partial charge >= 0.3 is 11.9 Å². The van der Waals surface area contributed by atoms with Crippen molar-refractivity contribution in [3.8, 4) is 0 Å². The smallest absolute Gasteiger partial charge is 0.328 e. The van der Waals surface area contributed by atoms with E-state index in [0.29, 0.717) is 13.0 Å². The summed E-state index contributed by atoms with van der Waals surface area (Å²) in [6, 6.07) is -0.879. The highest BCUT2D eigenvalue weighted by molar-refractivity contribution is 5.84. The Morgan fingerprint density at radius 2 is 0.977 bits per heavy atom. The summed E-state index contributed by atoms with van der Waals surface area (Å²) in [5.41, 5.74) is 0. The van der Waals surface area contributed by atoms with E-state index in [4.69, 9.17) is 9.84 Å². The molecule has 0 aliphatic heterocycles. The lowest BCUT2D eigenvalue weighted by Gasteiger charge is -2.17. The van der Waals surface area contributed by atoms with Crippen LogP contribution >= 0.6 is 0 Å². The summed E-state index contributed by atoms with van der Waals surface area (Å²) in [4.78, 5) is 36.1. The van der Waals surface area contributed by atoms with E-state index in [1.165, 1.54) is 122 Å². The number of hydrogen-bond donors (Lipinski definition) is 2. The molecule has 6 nitrogen and oxygen atoms in total. The van der Waals surface area contributed by atoms with Gasteiger partial charge in [0.15, 0.2) is 0 Å². The number of nitrogens with one attached hydrogen (secondary N) is 1. The van der Waals surface area contributed by atoms with Crippen LogP contribution in [0.1, 0.15) is 201 Å². The van der Waals surface area contributed by atoms with Crippen LogP contribution in [-0.4, -0.2) is 35.6 Å². The van der Waals surface area contributed by atoms with Crippen LogP contribution < -0.4 is 5.32 Å². The molecule has 0 heterocycles. The number of carbonyl (C=O) groups is 3. The minimum atomic E-state index is -0.977. The molecule has 0 fully saturated rings. The molecule has 0 radical (unpaired) electrons. The Morgan fingerprint density at radius 1 is 0.558 bits per heavy atom. The lowest BCUT2D eigenvalue weighted by atomic mass is 10.0. The first kappa shape index (κ1) is 41.4. The van der Waals surface area contributed by atoms with Gasteiger partial charge in [-0.3, -0.25) is 9.59 Å². The fourth-order valence-corrected chi connectivity index (χ4v) is 5.61. The van der Waals surface area contributed by atoms with Crippen molar-refractivity contribution in [2.24, 2.45) is 5.92 Å². The van der Waals surface area contributed by atoms with Gasteiger partial charge in [-0.2, -0.15) is 0 Å². The molecule has 43 heavy (non-hydrogen) atoms. The molecule has 2 N–H and O–H groups in total. The van der Waals surface area contributed by atoms with Gasteiger partial charge in [0.05, 0.1) is 6.61 Å². The number of rotatable bonds is 33. The van der Waals surface area contributed by atoms with Crippen molar-refractivity contribution >= 4 is 17.8 Å². The molecule has 0 saturated carbocycles. The molecule has 0 aromatic heterocycles. The second kappa shape index (κ2) is 31.8. The van der Waals surface area contributed by atoms with Crippen LogP contribution in [0.4, 0.5) is 0 Å². The average molecular weight is 610 g/mol. The summed E-state index contributed by atoms with van der Waals surface area (Å²) in [6.07, 6.45) is 31.4. The first-order chi connectivity index (χ1) is 20.9. The second-order valence-corrected chi connectivity index (χ2v) is 13.3. The number of aliphatic carboxylic acids is 1. The Labute approximate surface area is 266 Å². The number of carboxylic acid groups (broad SMARTS) is 1. The van der Waals surface area contributed by atoms with E-state index in [9.17, 15) is 14.4 Å². The van der Waals surface area contributed by atoms with Crippen molar-refractivity contribution in [3.63, 3.8) is 0 Å². The second-order valence-electron chi connectivity index (χ2n) is 13.3. The summed E-state index contributed by atoms with van der Waals surface area (Å²) in [5.74, 6) is -0.866. The van der Waals surface area contributed by atoms with Crippen molar-refractivity contribution < 1.29 is 24.2 Å². The summed E-state index contributed by atoms with van der Waals surface area (Å²) in [6.45, 7) is 7.16. The summed E-state index contributed by atoms with van der Waals surface area (Å²) in [7, 11) is 0. The van der Waals surface area contributed by atoms with Gasteiger partial charge in [-0.1, -0.05) is 168 Å². The molecule has 1 atom stereocenters. The minimum Gasteiger partial charge on any atom is -0.481 e. The molecular formula is C37H71NO5. The Kier molecular flexibility index (Phi) is 30.6. The zero-order valence-corrected chi connectivity index (χ0v) is 28.7. The molecule has 254 valence electrons. The molecule has 6 heteroatoms. The van der Waals surface area contributed by atoms with E-state index < -0.39 is 18.0 Å². The van der Waals surface area contributed by atoms with Gasteiger partial charge < -0.3 is 15.2 Å². The van der Waals surface area contributed by atoms with Crippen LogP contribution in [0.5, 0.6) is 0 Å². The zero-order valence-electron chi connectivity index (χ0n) is 28.7. The summed E-state index contributed by atoms with van der Waals surface area (Å²) in [5, 5.41) is 11.8. The third-order valence-corrected chi connectivity index (χ3v) is 8.44. The normalized spacial score (nSPS) is 12.0. The minimum absolute atomic E-state index is 0.0654. The predicted octanol–water partition coefficient (Wildman–Crippen LogP) is 10.7. The lowest BCUT2D eigenvalue weighted by molar-refractivity contribution is -0.148. The highest BCUT2D eigenvalue weighted by atomic mass is 16.5. The van der Waals surface area contributed by atoms with Gasteiger partial charge in [-0.15, -0.1) is 0 Å². The topological polar surface area (TPSA) is 92.7 Å². The molecular weight excluding hydrogens is 538 g/mol. The Morgan fingerprint density at radius 3 is 1.42 bits per heavy atom. The number of carboxylic acids is 1. The first-order valence-corrected chi connectivity index (χ1v) is 18.5. The molecule has 1 amide bonds. The molecule has 0 aromatic carbocycles. The third-order valence-electron chi connectivity index (χ3n) is 8.44. The van der Waals surface area contributed by atoms with Crippen LogP contribution in [0, 0.1) is 5.92 Å². The standard InChI is InChI=1S/C37H71NO5/c1-4-5-6-7-8-9-10-11-12-13-14-17-20-23-26-29-35(39)38-34(30-31-36(40)41)37(42)43-32-27-24-21-18-15-16-19-22-25-28-33(2)3/h33-34H,4-32H2,1-3H3,(H,38,39)(H,40,41)/t34-/m0/s1. The van der Waals surface area contributed by atoms with Crippen molar-refractivity contribution in [2.75, 3.05) is 6.61 Å². The number of ether oxygens (including phenoxy) is 1. The summed E-state index contributed by atoms with van der Waals surface area (Å²) < 4.78 is 5.41. The van der Waals surface area contributed by atoms with Crippen molar-refractivity contribution in [1.82, 2.24) is 5.32 Å². The lowest BCUT2D eigenvalue weighted by Crippen LogP contribution is -2.42. The molecule has 0 spiro atoms. The predicted molar refractivity (Wildman–Crippen MR) is 180 cm³/mol. The number of esters is 1. The van der Waals surface area contributed by atoms with E-state index in [1.54, 1.807) is 0 Å². The Hall–Kier alpha value is -1.59. The maximum Gasteiger partial charge on any atom is 0.328 e. The third kappa shape index (κ3) is 31.6. The van der Waals surface area contributed by atoms with Gasteiger partial charge in [0.1, 0.15) is 6.04 Å². The monoisotopic (exact) mass is 610 g/mol. The maximum absolute atomic E-state index is 12.6. The van der Waals surface area contributed by atoms with E-state index in [2.05, 4.69) is 26.1 Å². The van der Waals surface area contributed by atoms with Crippen LogP contribution in [0.25, 0.3) is 0 Å². The molecule has 0 saturated heterocycles. The van der Waals surface area contributed by atoms with Crippen molar-refractivity contribution in [1.29, 1.82) is 0 Å². The Bertz CT molecular complexity index is 651. The number of amides is 1. The fraction of sp³-hybridized carbons (Fsp3) is 0.919. The maximum atomic E-state index is 12.6. The molecule has 0 unspecified atom stereocenters. The SMILES string of the molecule is CCCCCCCCCCCCCCCCCC(=O)N[C@@H](CCC(=O)O)C(=O)OCCCCCCCCCCCC(C)C. The number of carbonyl (C=O) groups excluding carboxylic acids is 2. The van der Waals surface area contributed by atoms with Crippen LogP contribution in [-0.2, 0) is 19.1 Å². The van der Waals surface area contributed by atoms with Crippen LogP contribution in [0.2, 0.25) is 0 Å². The molecule has 0 bridgehead atoms. The van der Waals surface area contributed by atoms with Crippen LogP contribution in [0.3, 0.4) is 0 Å². The quantitative estimate of drug-likeness (QED) is 0.0570. The first-order valence-electron chi connectivity index (χ1n) is 18.5. The fourth-order valence-electron chi connectivity index (χ4n) is 5.61. The Balaban J connectivity index is 3.85. The molecule has 0 aliphatic carbocycles. The zero-order chi connectivity index (χ0) is 31.8. The highest BCUT2D eigenvalue weighted by Gasteiger charge is 2.23. The van der Waals surface area contributed by atoms with E-state index in [1.807, 2.05) is 0 Å². The van der Waals surface area contributed by atoms with Gasteiger partial charge in [0.2, 0.25) is 5.91 Å². The molecule has 0 aromatic rings. The molecule has 0 rings (SSSR count).